The Morgan fingerprint density at radius 2 is 2.17 bits per heavy atom. The van der Waals surface area contributed by atoms with Crippen LogP contribution in [0.25, 0.3) is 15.5 Å². The third kappa shape index (κ3) is 1.71. The second-order valence-corrected chi connectivity index (χ2v) is 5.36. The van der Waals surface area contributed by atoms with E-state index in [4.69, 9.17) is 0 Å². The number of aryl methyl sites for hydroxylation is 1. The predicted octanol–water partition coefficient (Wildman–Crippen LogP) is 2.19. The van der Waals surface area contributed by atoms with Crippen molar-refractivity contribution in [3.63, 3.8) is 0 Å². The number of rotatable bonds is 3. The molecule has 3 heterocycles. The predicted molar refractivity (Wildman–Crippen MR) is 69.6 cm³/mol. The summed E-state index contributed by atoms with van der Waals surface area (Å²) in [6.45, 7) is 7.10. The number of hydrogen-bond acceptors (Lipinski definition) is 5. The highest BCUT2D eigenvalue weighted by Gasteiger charge is 2.15. The maximum Gasteiger partial charge on any atom is 0.234 e. The third-order valence-electron chi connectivity index (χ3n) is 2.74. The molecule has 0 amide bonds. The third-order valence-corrected chi connectivity index (χ3v) is 3.68. The summed E-state index contributed by atoms with van der Waals surface area (Å²) >= 11 is 1.54. The Hall–Kier alpha value is -1.76. The van der Waals surface area contributed by atoms with Gasteiger partial charge in [0.2, 0.25) is 4.96 Å². The molecule has 0 aromatic carbocycles. The lowest BCUT2D eigenvalue weighted by molar-refractivity contribution is 0.660. The van der Waals surface area contributed by atoms with Gasteiger partial charge in [-0.05, 0) is 6.92 Å². The van der Waals surface area contributed by atoms with Crippen molar-refractivity contribution < 1.29 is 0 Å². The molecular formula is C11H14N6S. The van der Waals surface area contributed by atoms with Crippen LogP contribution < -0.4 is 0 Å². The Bertz CT molecular complexity index is 677. The number of aromatic nitrogens is 6. The Balaban J connectivity index is 2.07. The monoisotopic (exact) mass is 262 g/mol. The molecule has 0 radical (unpaired) electrons. The van der Waals surface area contributed by atoms with E-state index in [9.17, 15) is 0 Å². The van der Waals surface area contributed by atoms with Crippen molar-refractivity contribution in [1.29, 1.82) is 0 Å². The summed E-state index contributed by atoms with van der Waals surface area (Å²) < 4.78 is 3.72. The summed E-state index contributed by atoms with van der Waals surface area (Å²) in [6.07, 6.45) is 3.84. The average Bonchev–Trinajstić information content (AvgIpc) is 3.02. The van der Waals surface area contributed by atoms with Gasteiger partial charge in [-0.3, -0.25) is 4.68 Å². The van der Waals surface area contributed by atoms with Gasteiger partial charge in [-0.25, -0.2) is 0 Å². The van der Waals surface area contributed by atoms with Crippen LogP contribution in [0.2, 0.25) is 0 Å². The zero-order valence-electron chi connectivity index (χ0n) is 10.5. The molecule has 0 aliphatic heterocycles. The fourth-order valence-corrected chi connectivity index (χ4v) is 2.58. The second kappa shape index (κ2) is 4.16. The first-order valence-electron chi connectivity index (χ1n) is 5.94. The van der Waals surface area contributed by atoms with Gasteiger partial charge >= 0.3 is 0 Å². The van der Waals surface area contributed by atoms with Gasteiger partial charge in [-0.1, -0.05) is 25.2 Å². The van der Waals surface area contributed by atoms with Crippen molar-refractivity contribution in [1.82, 2.24) is 29.6 Å². The van der Waals surface area contributed by atoms with Gasteiger partial charge in [0.05, 0.1) is 11.8 Å². The molecule has 0 saturated carbocycles. The minimum atomic E-state index is 0.313. The minimum Gasteiger partial charge on any atom is -0.272 e. The van der Waals surface area contributed by atoms with E-state index in [1.165, 1.54) is 11.3 Å². The van der Waals surface area contributed by atoms with Crippen molar-refractivity contribution >= 4 is 16.3 Å². The molecule has 6 nitrogen and oxygen atoms in total. The van der Waals surface area contributed by atoms with Crippen LogP contribution in [0.5, 0.6) is 0 Å². The summed E-state index contributed by atoms with van der Waals surface area (Å²) in [6, 6.07) is 0. The molecule has 0 spiro atoms. The molecular weight excluding hydrogens is 248 g/mol. The largest absolute Gasteiger partial charge is 0.272 e. The first kappa shape index (κ1) is 11.3. The Labute approximate surface area is 108 Å². The van der Waals surface area contributed by atoms with Crippen LogP contribution in [0.4, 0.5) is 0 Å². The summed E-state index contributed by atoms with van der Waals surface area (Å²) in [5.74, 6) is 1.21. The molecule has 0 unspecified atom stereocenters. The molecule has 0 bridgehead atoms. The molecule has 0 N–H and O–H groups in total. The zero-order valence-corrected chi connectivity index (χ0v) is 11.3. The number of nitrogens with zero attached hydrogens (tertiary/aromatic N) is 6. The molecule has 3 rings (SSSR count). The van der Waals surface area contributed by atoms with E-state index < -0.39 is 0 Å². The fourth-order valence-electron chi connectivity index (χ4n) is 1.76. The van der Waals surface area contributed by atoms with Crippen LogP contribution in [0, 0.1) is 0 Å². The summed E-state index contributed by atoms with van der Waals surface area (Å²) in [7, 11) is 0. The van der Waals surface area contributed by atoms with Crippen molar-refractivity contribution in [2.45, 2.75) is 33.2 Å². The molecule has 3 aromatic rings. The van der Waals surface area contributed by atoms with Crippen LogP contribution in [-0.4, -0.2) is 29.6 Å². The van der Waals surface area contributed by atoms with Gasteiger partial charge in [-0.2, -0.15) is 14.7 Å². The normalized spacial score (nSPS) is 11.8. The SMILES string of the molecule is CCn1cc(-c2nn3c(C(C)C)nnc3s2)cn1. The standard InChI is InChI=1S/C11H14N6S/c1-4-16-6-8(5-12-16)10-15-17-9(7(2)3)13-14-11(17)18-10/h5-7H,4H2,1-3H3. The van der Waals surface area contributed by atoms with E-state index in [0.717, 1.165) is 27.9 Å². The summed E-state index contributed by atoms with van der Waals surface area (Å²) in [5.41, 5.74) is 1.03. The molecule has 0 aliphatic rings. The first-order valence-corrected chi connectivity index (χ1v) is 6.75. The average molecular weight is 262 g/mol. The molecule has 0 aliphatic carbocycles. The smallest absolute Gasteiger partial charge is 0.234 e. The van der Waals surface area contributed by atoms with Crippen LogP contribution in [0.1, 0.15) is 32.5 Å². The molecule has 0 saturated heterocycles. The van der Waals surface area contributed by atoms with Crippen molar-refractivity contribution in [3.8, 4) is 10.6 Å². The van der Waals surface area contributed by atoms with E-state index in [2.05, 4.69) is 41.2 Å². The maximum atomic E-state index is 4.57. The van der Waals surface area contributed by atoms with Crippen LogP contribution in [0.3, 0.4) is 0 Å². The van der Waals surface area contributed by atoms with Crippen molar-refractivity contribution in [2.24, 2.45) is 0 Å². The lowest BCUT2D eigenvalue weighted by Gasteiger charge is -1.97. The quantitative estimate of drug-likeness (QED) is 0.726. The molecule has 0 fully saturated rings. The molecule has 7 heteroatoms. The minimum absolute atomic E-state index is 0.313. The topological polar surface area (TPSA) is 60.9 Å². The number of fused-ring (bicyclic) bond motifs is 1. The maximum absolute atomic E-state index is 4.57. The van der Waals surface area contributed by atoms with Crippen LogP contribution in [0.15, 0.2) is 12.4 Å². The van der Waals surface area contributed by atoms with Gasteiger partial charge in [0, 0.05) is 18.7 Å². The van der Waals surface area contributed by atoms with Gasteiger partial charge in [0.25, 0.3) is 0 Å². The Morgan fingerprint density at radius 3 is 2.83 bits per heavy atom. The summed E-state index contributed by atoms with van der Waals surface area (Å²) in [4.78, 5) is 0.831. The summed E-state index contributed by atoms with van der Waals surface area (Å²) in [5, 5.41) is 18.1. The van der Waals surface area contributed by atoms with Gasteiger partial charge in [0.1, 0.15) is 0 Å². The fraction of sp³-hybridized carbons (Fsp3) is 0.455. The van der Waals surface area contributed by atoms with E-state index in [1.807, 2.05) is 21.6 Å². The van der Waals surface area contributed by atoms with Crippen molar-refractivity contribution in [2.75, 3.05) is 0 Å². The van der Waals surface area contributed by atoms with E-state index >= 15 is 0 Å². The molecule has 94 valence electrons. The molecule has 0 atom stereocenters. The second-order valence-electron chi connectivity index (χ2n) is 4.40. The Kier molecular flexibility index (Phi) is 2.62. The first-order chi connectivity index (χ1) is 8.69. The highest BCUT2D eigenvalue weighted by molar-refractivity contribution is 7.19. The highest BCUT2D eigenvalue weighted by atomic mass is 32.1. The van der Waals surface area contributed by atoms with Crippen LogP contribution >= 0.6 is 11.3 Å². The van der Waals surface area contributed by atoms with Crippen molar-refractivity contribution in [3.05, 3.63) is 18.2 Å². The van der Waals surface area contributed by atoms with Gasteiger partial charge in [-0.15, -0.1) is 10.2 Å². The molecule has 18 heavy (non-hydrogen) atoms. The zero-order chi connectivity index (χ0) is 12.7. The van der Waals surface area contributed by atoms with Gasteiger partial charge in [0.15, 0.2) is 10.8 Å². The van der Waals surface area contributed by atoms with Gasteiger partial charge < -0.3 is 0 Å². The lowest BCUT2D eigenvalue weighted by Crippen LogP contribution is -1.97. The van der Waals surface area contributed by atoms with Crippen LogP contribution in [-0.2, 0) is 6.54 Å². The molecule has 3 aromatic heterocycles. The highest BCUT2D eigenvalue weighted by Crippen LogP contribution is 2.26. The van der Waals surface area contributed by atoms with E-state index in [-0.39, 0.29) is 0 Å². The van der Waals surface area contributed by atoms with E-state index in [0.29, 0.717) is 5.92 Å². The lowest BCUT2D eigenvalue weighted by atomic mass is 10.2. The van der Waals surface area contributed by atoms with E-state index in [1.54, 1.807) is 0 Å². The Morgan fingerprint density at radius 1 is 1.33 bits per heavy atom. The number of hydrogen-bond donors (Lipinski definition) is 0.